The van der Waals surface area contributed by atoms with Gasteiger partial charge in [-0.15, -0.1) is 0 Å². The van der Waals surface area contributed by atoms with Crippen molar-refractivity contribution < 1.29 is 13.5 Å². The highest BCUT2D eigenvalue weighted by Crippen LogP contribution is 2.40. The number of hydrogen-bond acceptors (Lipinski definition) is 2. The second kappa shape index (κ2) is 5.97. The van der Waals surface area contributed by atoms with Crippen LogP contribution in [0.25, 0.3) is 0 Å². The van der Waals surface area contributed by atoms with Crippen LogP contribution in [0.3, 0.4) is 0 Å². The van der Waals surface area contributed by atoms with Crippen LogP contribution in [0.15, 0.2) is 18.2 Å². The largest absolute Gasteiger partial charge is 0.373 e. The van der Waals surface area contributed by atoms with Crippen LogP contribution in [0.5, 0.6) is 0 Å². The molecule has 1 saturated carbocycles. The Hall–Kier alpha value is -1.00. The van der Waals surface area contributed by atoms with Crippen LogP contribution in [-0.4, -0.2) is 12.2 Å². The van der Waals surface area contributed by atoms with Crippen molar-refractivity contribution in [1.82, 2.24) is 0 Å². The van der Waals surface area contributed by atoms with E-state index in [4.69, 9.17) is 10.5 Å². The molecule has 0 bridgehead atoms. The quantitative estimate of drug-likeness (QED) is 0.904. The van der Waals surface area contributed by atoms with Crippen LogP contribution < -0.4 is 5.73 Å². The lowest BCUT2D eigenvalue weighted by Crippen LogP contribution is -2.45. The molecule has 106 valence electrons. The highest BCUT2D eigenvalue weighted by atomic mass is 19.1. The molecule has 2 rings (SSSR count). The molecule has 4 heteroatoms. The number of ether oxygens (including phenoxy) is 1. The van der Waals surface area contributed by atoms with E-state index in [2.05, 4.69) is 0 Å². The molecule has 1 atom stereocenters. The molecule has 1 unspecified atom stereocenters. The van der Waals surface area contributed by atoms with Gasteiger partial charge < -0.3 is 10.5 Å². The van der Waals surface area contributed by atoms with E-state index in [9.17, 15) is 8.78 Å². The topological polar surface area (TPSA) is 35.2 Å². The van der Waals surface area contributed by atoms with Crippen LogP contribution in [0.2, 0.25) is 0 Å². The standard InChI is InChI=1S/C15H21F2NO/c1-2-19-15(8-4-3-5-9-15)14(18)12-7-6-11(16)10-13(12)17/h6-7,10,14H,2-5,8-9,18H2,1H3. The van der Waals surface area contributed by atoms with E-state index < -0.39 is 23.3 Å². The van der Waals surface area contributed by atoms with Gasteiger partial charge in [0.1, 0.15) is 11.6 Å². The van der Waals surface area contributed by atoms with Crippen molar-refractivity contribution >= 4 is 0 Å². The Morgan fingerprint density at radius 3 is 2.53 bits per heavy atom. The van der Waals surface area contributed by atoms with E-state index in [1.165, 1.54) is 12.1 Å². The van der Waals surface area contributed by atoms with Crippen LogP contribution in [0, 0.1) is 11.6 Å². The van der Waals surface area contributed by atoms with Gasteiger partial charge in [-0.25, -0.2) is 8.78 Å². The fraction of sp³-hybridized carbons (Fsp3) is 0.600. The van der Waals surface area contributed by atoms with Gasteiger partial charge in [-0.2, -0.15) is 0 Å². The van der Waals surface area contributed by atoms with Crippen molar-refractivity contribution in [2.75, 3.05) is 6.61 Å². The fourth-order valence-electron chi connectivity index (χ4n) is 3.02. The van der Waals surface area contributed by atoms with Crippen LogP contribution >= 0.6 is 0 Å². The van der Waals surface area contributed by atoms with Crippen LogP contribution in [0.4, 0.5) is 8.78 Å². The zero-order valence-electron chi connectivity index (χ0n) is 11.3. The van der Waals surface area contributed by atoms with E-state index in [0.717, 1.165) is 38.2 Å². The van der Waals surface area contributed by atoms with Crippen molar-refractivity contribution in [3.63, 3.8) is 0 Å². The molecule has 2 N–H and O–H groups in total. The summed E-state index contributed by atoms with van der Waals surface area (Å²) < 4.78 is 32.8. The molecule has 0 aromatic heterocycles. The van der Waals surface area contributed by atoms with Crippen LogP contribution in [-0.2, 0) is 4.74 Å². The summed E-state index contributed by atoms with van der Waals surface area (Å²) in [6.07, 6.45) is 4.90. The van der Waals surface area contributed by atoms with E-state index in [1.807, 2.05) is 6.92 Å². The molecule has 0 aliphatic heterocycles. The second-order valence-corrected chi connectivity index (χ2v) is 5.20. The first-order chi connectivity index (χ1) is 9.09. The van der Waals surface area contributed by atoms with Gasteiger partial charge in [-0.1, -0.05) is 25.3 Å². The van der Waals surface area contributed by atoms with E-state index in [0.29, 0.717) is 12.2 Å². The zero-order chi connectivity index (χ0) is 13.9. The van der Waals surface area contributed by atoms with Gasteiger partial charge >= 0.3 is 0 Å². The second-order valence-electron chi connectivity index (χ2n) is 5.20. The molecule has 2 nitrogen and oxygen atoms in total. The molecular weight excluding hydrogens is 248 g/mol. The minimum absolute atomic E-state index is 0.344. The summed E-state index contributed by atoms with van der Waals surface area (Å²) in [7, 11) is 0. The molecule has 0 saturated heterocycles. The lowest BCUT2D eigenvalue weighted by Gasteiger charge is -2.41. The van der Waals surface area contributed by atoms with Gasteiger partial charge in [-0.05, 0) is 25.8 Å². The molecule has 1 aliphatic rings. The summed E-state index contributed by atoms with van der Waals surface area (Å²) in [6.45, 7) is 2.47. The molecule has 19 heavy (non-hydrogen) atoms. The Labute approximate surface area is 112 Å². The predicted molar refractivity (Wildman–Crippen MR) is 70.7 cm³/mol. The molecule has 0 heterocycles. The number of halogens is 2. The summed E-state index contributed by atoms with van der Waals surface area (Å²) in [6, 6.07) is 3.02. The third kappa shape index (κ3) is 2.95. The molecule has 1 fully saturated rings. The van der Waals surface area contributed by atoms with Gasteiger partial charge in [0, 0.05) is 18.2 Å². The number of rotatable bonds is 4. The predicted octanol–water partition coefficient (Wildman–Crippen LogP) is 3.70. The van der Waals surface area contributed by atoms with Gasteiger partial charge in [0.2, 0.25) is 0 Å². The molecule has 0 radical (unpaired) electrons. The SMILES string of the molecule is CCOC1(C(N)c2ccc(F)cc2F)CCCCC1. The Balaban J connectivity index is 2.30. The maximum Gasteiger partial charge on any atom is 0.130 e. The molecular formula is C15H21F2NO. The van der Waals surface area contributed by atoms with E-state index >= 15 is 0 Å². The lowest BCUT2D eigenvalue weighted by atomic mass is 9.77. The van der Waals surface area contributed by atoms with Gasteiger partial charge in [-0.3, -0.25) is 0 Å². The average Bonchev–Trinajstić information content (AvgIpc) is 2.39. The van der Waals surface area contributed by atoms with E-state index in [-0.39, 0.29) is 0 Å². The first-order valence-corrected chi connectivity index (χ1v) is 6.93. The average molecular weight is 269 g/mol. The monoisotopic (exact) mass is 269 g/mol. The fourth-order valence-corrected chi connectivity index (χ4v) is 3.02. The molecule has 0 spiro atoms. The first-order valence-electron chi connectivity index (χ1n) is 6.93. The highest BCUT2D eigenvalue weighted by Gasteiger charge is 2.40. The minimum Gasteiger partial charge on any atom is -0.373 e. The zero-order valence-corrected chi connectivity index (χ0v) is 11.3. The summed E-state index contributed by atoms with van der Waals surface area (Å²) in [5, 5.41) is 0. The van der Waals surface area contributed by atoms with Crippen molar-refractivity contribution in [2.45, 2.75) is 50.7 Å². The van der Waals surface area contributed by atoms with Crippen molar-refractivity contribution in [3.8, 4) is 0 Å². The van der Waals surface area contributed by atoms with Crippen LogP contribution in [0.1, 0.15) is 50.6 Å². The molecule has 1 aromatic carbocycles. The molecule has 1 aromatic rings. The van der Waals surface area contributed by atoms with Crippen molar-refractivity contribution in [2.24, 2.45) is 5.73 Å². The maximum absolute atomic E-state index is 13.9. The summed E-state index contributed by atoms with van der Waals surface area (Å²) in [4.78, 5) is 0. The Morgan fingerprint density at radius 2 is 1.95 bits per heavy atom. The third-order valence-electron chi connectivity index (χ3n) is 4.00. The third-order valence-corrected chi connectivity index (χ3v) is 4.00. The van der Waals surface area contributed by atoms with Gasteiger partial charge in [0.25, 0.3) is 0 Å². The first kappa shape index (κ1) is 14.4. The number of hydrogen-bond donors (Lipinski definition) is 1. The van der Waals surface area contributed by atoms with Gasteiger partial charge in [0.05, 0.1) is 11.6 Å². The summed E-state index contributed by atoms with van der Waals surface area (Å²) >= 11 is 0. The molecule has 1 aliphatic carbocycles. The molecule has 0 amide bonds. The minimum atomic E-state index is -0.586. The summed E-state index contributed by atoms with van der Waals surface area (Å²) in [5.41, 5.74) is 6.09. The smallest absolute Gasteiger partial charge is 0.130 e. The lowest BCUT2D eigenvalue weighted by molar-refractivity contribution is -0.0836. The number of benzene rings is 1. The van der Waals surface area contributed by atoms with Gasteiger partial charge in [0.15, 0.2) is 0 Å². The van der Waals surface area contributed by atoms with Crippen molar-refractivity contribution in [3.05, 3.63) is 35.4 Å². The number of nitrogens with two attached hydrogens (primary N) is 1. The van der Waals surface area contributed by atoms with E-state index in [1.54, 1.807) is 0 Å². The highest BCUT2D eigenvalue weighted by molar-refractivity contribution is 5.25. The summed E-state index contributed by atoms with van der Waals surface area (Å²) in [5.74, 6) is -1.17. The maximum atomic E-state index is 13.9. The Morgan fingerprint density at radius 1 is 1.26 bits per heavy atom. The Kier molecular flexibility index (Phi) is 4.53. The normalized spacial score (nSPS) is 20.2. The Bertz CT molecular complexity index is 425. The van der Waals surface area contributed by atoms with Crippen molar-refractivity contribution in [1.29, 1.82) is 0 Å².